The predicted molar refractivity (Wildman–Crippen MR) is 79.8 cm³/mol. The highest BCUT2D eigenvalue weighted by atomic mass is 16.5. The van der Waals surface area contributed by atoms with Gasteiger partial charge < -0.3 is 14.8 Å². The zero-order valence-corrected chi connectivity index (χ0v) is 12.4. The fourth-order valence-electron chi connectivity index (χ4n) is 2.01. The minimum Gasteiger partial charge on any atom is -0.497 e. The van der Waals surface area contributed by atoms with Crippen molar-refractivity contribution >= 4 is 0 Å². The van der Waals surface area contributed by atoms with Crippen LogP contribution in [-0.4, -0.2) is 26.9 Å². The lowest BCUT2D eigenvalue weighted by molar-refractivity contribution is 0.108. The topological polar surface area (TPSA) is 30.5 Å². The third kappa shape index (κ3) is 6.08. The second kappa shape index (κ2) is 9.82. The van der Waals surface area contributed by atoms with E-state index in [1.54, 1.807) is 7.11 Å². The molecular weight excluding hydrogens is 238 g/mol. The number of likely N-dealkylation sites (N-methyl/N-ethyl adjacent to an activating group) is 1. The average molecular weight is 265 g/mol. The first-order valence-corrected chi connectivity index (χ1v) is 7.26. The molecule has 1 rings (SSSR count). The molecule has 3 nitrogen and oxygen atoms in total. The van der Waals surface area contributed by atoms with Crippen LogP contribution in [0.5, 0.6) is 5.75 Å². The molecule has 0 aliphatic carbocycles. The second-order valence-electron chi connectivity index (χ2n) is 4.67. The number of unbranched alkanes of at least 4 members (excludes halogenated alkanes) is 2. The normalized spacial score (nSPS) is 12.4. The van der Waals surface area contributed by atoms with Crippen LogP contribution in [0, 0.1) is 0 Å². The molecule has 1 unspecified atom stereocenters. The standard InChI is InChI=1S/C16H27NO2/c1-4-6-7-12-19-13-16(17-5-2)14-8-10-15(18-3)11-9-14/h8-11,16-17H,4-7,12-13H2,1-3H3. The van der Waals surface area contributed by atoms with E-state index >= 15 is 0 Å². The lowest BCUT2D eigenvalue weighted by atomic mass is 10.1. The molecule has 0 saturated heterocycles. The van der Waals surface area contributed by atoms with Gasteiger partial charge in [0, 0.05) is 6.61 Å². The highest BCUT2D eigenvalue weighted by Crippen LogP contribution is 2.18. The van der Waals surface area contributed by atoms with Gasteiger partial charge >= 0.3 is 0 Å². The Morgan fingerprint density at radius 3 is 2.42 bits per heavy atom. The second-order valence-corrected chi connectivity index (χ2v) is 4.67. The molecule has 0 aromatic heterocycles. The molecule has 0 saturated carbocycles. The van der Waals surface area contributed by atoms with E-state index in [1.807, 2.05) is 12.1 Å². The van der Waals surface area contributed by atoms with Gasteiger partial charge in [0.25, 0.3) is 0 Å². The largest absolute Gasteiger partial charge is 0.497 e. The zero-order valence-electron chi connectivity index (χ0n) is 12.4. The molecule has 108 valence electrons. The van der Waals surface area contributed by atoms with Crippen LogP contribution in [0.1, 0.15) is 44.7 Å². The lowest BCUT2D eigenvalue weighted by Crippen LogP contribution is -2.25. The summed E-state index contributed by atoms with van der Waals surface area (Å²) in [7, 11) is 1.69. The maximum atomic E-state index is 5.77. The summed E-state index contributed by atoms with van der Waals surface area (Å²) in [6, 6.07) is 8.45. The van der Waals surface area contributed by atoms with Gasteiger partial charge in [-0.3, -0.25) is 0 Å². The first-order valence-electron chi connectivity index (χ1n) is 7.26. The SMILES string of the molecule is CCCCCOCC(NCC)c1ccc(OC)cc1. The van der Waals surface area contributed by atoms with Gasteiger partial charge in [0.1, 0.15) is 5.75 Å². The minimum absolute atomic E-state index is 0.262. The van der Waals surface area contributed by atoms with Gasteiger partial charge in [-0.2, -0.15) is 0 Å². The number of hydrogen-bond acceptors (Lipinski definition) is 3. The van der Waals surface area contributed by atoms with Crippen molar-refractivity contribution in [1.29, 1.82) is 0 Å². The molecule has 19 heavy (non-hydrogen) atoms. The van der Waals surface area contributed by atoms with Crippen molar-refractivity contribution in [3.8, 4) is 5.75 Å². The Kier molecular flexibility index (Phi) is 8.26. The van der Waals surface area contributed by atoms with Crippen LogP contribution in [0.25, 0.3) is 0 Å². The summed E-state index contributed by atoms with van der Waals surface area (Å²) in [6.07, 6.45) is 3.63. The van der Waals surface area contributed by atoms with Gasteiger partial charge in [-0.1, -0.05) is 38.8 Å². The Morgan fingerprint density at radius 2 is 1.84 bits per heavy atom. The molecule has 0 aliphatic rings. The van der Waals surface area contributed by atoms with Crippen molar-refractivity contribution in [1.82, 2.24) is 5.32 Å². The first-order chi connectivity index (χ1) is 9.31. The highest BCUT2D eigenvalue weighted by Gasteiger charge is 2.10. The number of rotatable bonds is 10. The fourth-order valence-corrected chi connectivity index (χ4v) is 2.01. The number of benzene rings is 1. The first kappa shape index (κ1) is 16.0. The monoisotopic (exact) mass is 265 g/mol. The van der Waals surface area contributed by atoms with E-state index in [0.717, 1.165) is 31.9 Å². The van der Waals surface area contributed by atoms with Crippen molar-refractivity contribution in [3.63, 3.8) is 0 Å². The Labute approximate surface area is 117 Å². The van der Waals surface area contributed by atoms with Crippen molar-refractivity contribution in [2.75, 3.05) is 26.9 Å². The van der Waals surface area contributed by atoms with Gasteiger partial charge in [0.2, 0.25) is 0 Å². The van der Waals surface area contributed by atoms with Gasteiger partial charge in [-0.15, -0.1) is 0 Å². The Morgan fingerprint density at radius 1 is 1.11 bits per heavy atom. The van der Waals surface area contributed by atoms with Crippen molar-refractivity contribution in [2.24, 2.45) is 0 Å². The van der Waals surface area contributed by atoms with Gasteiger partial charge in [-0.25, -0.2) is 0 Å². The van der Waals surface area contributed by atoms with Gasteiger partial charge in [-0.05, 0) is 30.7 Å². The van der Waals surface area contributed by atoms with E-state index in [1.165, 1.54) is 18.4 Å². The average Bonchev–Trinajstić information content (AvgIpc) is 2.46. The molecule has 0 spiro atoms. The van der Waals surface area contributed by atoms with Crippen LogP contribution in [0.4, 0.5) is 0 Å². The molecule has 0 heterocycles. The van der Waals surface area contributed by atoms with E-state index < -0.39 is 0 Å². The molecule has 0 bridgehead atoms. The van der Waals surface area contributed by atoms with E-state index in [4.69, 9.17) is 9.47 Å². The van der Waals surface area contributed by atoms with Crippen molar-refractivity contribution in [2.45, 2.75) is 39.2 Å². The molecule has 0 aliphatic heterocycles. The molecule has 1 aromatic rings. The zero-order chi connectivity index (χ0) is 13.9. The van der Waals surface area contributed by atoms with Crippen molar-refractivity contribution < 1.29 is 9.47 Å². The third-order valence-corrected chi connectivity index (χ3v) is 3.15. The summed E-state index contributed by atoms with van der Waals surface area (Å²) in [5.74, 6) is 0.892. The Bertz CT molecular complexity index is 324. The highest BCUT2D eigenvalue weighted by molar-refractivity contribution is 5.29. The van der Waals surface area contributed by atoms with Crippen LogP contribution >= 0.6 is 0 Å². The summed E-state index contributed by atoms with van der Waals surface area (Å²) < 4.78 is 11.0. The van der Waals surface area contributed by atoms with Crippen LogP contribution < -0.4 is 10.1 Å². The molecular formula is C16H27NO2. The summed E-state index contributed by atoms with van der Waals surface area (Å²) in [5, 5.41) is 3.46. The van der Waals surface area contributed by atoms with Gasteiger partial charge in [0.15, 0.2) is 0 Å². The molecule has 1 atom stereocenters. The predicted octanol–water partition coefficient (Wildman–Crippen LogP) is 3.55. The van der Waals surface area contributed by atoms with Gasteiger partial charge in [0.05, 0.1) is 19.8 Å². The number of ether oxygens (including phenoxy) is 2. The van der Waals surface area contributed by atoms with E-state index in [-0.39, 0.29) is 6.04 Å². The molecule has 1 N–H and O–H groups in total. The van der Waals surface area contributed by atoms with Crippen LogP contribution in [0.15, 0.2) is 24.3 Å². The quantitative estimate of drug-likeness (QED) is 0.656. The summed E-state index contributed by atoms with van der Waals surface area (Å²) in [4.78, 5) is 0. The number of nitrogens with one attached hydrogen (secondary N) is 1. The molecule has 0 amide bonds. The van der Waals surface area contributed by atoms with E-state index in [9.17, 15) is 0 Å². The third-order valence-electron chi connectivity index (χ3n) is 3.15. The summed E-state index contributed by atoms with van der Waals surface area (Å²) in [6.45, 7) is 6.84. The Hall–Kier alpha value is -1.06. The van der Waals surface area contributed by atoms with E-state index in [2.05, 4.69) is 31.3 Å². The van der Waals surface area contributed by atoms with Crippen LogP contribution in [0.3, 0.4) is 0 Å². The maximum Gasteiger partial charge on any atom is 0.118 e. The maximum absolute atomic E-state index is 5.77. The fraction of sp³-hybridized carbons (Fsp3) is 0.625. The molecule has 0 fully saturated rings. The van der Waals surface area contributed by atoms with Crippen LogP contribution in [-0.2, 0) is 4.74 Å². The minimum atomic E-state index is 0.262. The molecule has 1 aromatic carbocycles. The molecule has 3 heteroatoms. The summed E-state index contributed by atoms with van der Waals surface area (Å²) >= 11 is 0. The number of hydrogen-bond donors (Lipinski definition) is 1. The molecule has 0 radical (unpaired) electrons. The van der Waals surface area contributed by atoms with Crippen LogP contribution in [0.2, 0.25) is 0 Å². The number of methoxy groups -OCH3 is 1. The lowest BCUT2D eigenvalue weighted by Gasteiger charge is -2.18. The van der Waals surface area contributed by atoms with E-state index in [0.29, 0.717) is 0 Å². The van der Waals surface area contributed by atoms with Crippen molar-refractivity contribution in [3.05, 3.63) is 29.8 Å². The summed E-state index contributed by atoms with van der Waals surface area (Å²) in [5.41, 5.74) is 1.25. The Balaban J connectivity index is 2.45. The smallest absolute Gasteiger partial charge is 0.118 e.